The molecular weight excluding hydrogens is 418 g/mol. The predicted octanol–water partition coefficient (Wildman–Crippen LogP) is 3.68. The van der Waals surface area contributed by atoms with E-state index in [1.807, 2.05) is 24.3 Å². The zero-order valence-corrected chi connectivity index (χ0v) is 18.5. The van der Waals surface area contributed by atoms with Crippen molar-refractivity contribution in [3.05, 3.63) is 71.3 Å². The molecule has 0 aromatic heterocycles. The Labute approximate surface area is 183 Å². The van der Waals surface area contributed by atoms with Crippen molar-refractivity contribution >= 4 is 9.84 Å². The van der Waals surface area contributed by atoms with Crippen molar-refractivity contribution in [3.63, 3.8) is 0 Å². The normalized spacial score (nSPS) is 22.2. The van der Waals surface area contributed by atoms with E-state index < -0.39 is 9.84 Å². The fourth-order valence-corrected chi connectivity index (χ4v) is 6.61. The lowest BCUT2D eigenvalue weighted by Crippen LogP contribution is -2.50. The summed E-state index contributed by atoms with van der Waals surface area (Å²) in [5.74, 6) is 0.228. The molecule has 0 bridgehead atoms. The van der Waals surface area contributed by atoms with E-state index in [-0.39, 0.29) is 23.6 Å². The Morgan fingerprint density at radius 1 is 0.871 bits per heavy atom. The van der Waals surface area contributed by atoms with Crippen molar-refractivity contribution in [1.29, 1.82) is 0 Å². The highest BCUT2D eigenvalue weighted by molar-refractivity contribution is 7.91. The van der Waals surface area contributed by atoms with Crippen molar-refractivity contribution < 1.29 is 17.2 Å². The molecule has 0 amide bonds. The Morgan fingerprint density at radius 2 is 1.42 bits per heavy atom. The molecule has 0 N–H and O–H groups in total. The van der Waals surface area contributed by atoms with Gasteiger partial charge in [-0.2, -0.15) is 0 Å². The second kappa shape index (κ2) is 9.76. The first kappa shape index (κ1) is 22.4. The third-order valence-corrected chi connectivity index (χ3v) is 8.39. The van der Waals surface area contributed by atoms with Gasteiger partial charge in [0.15, 0.2) is 9.84 Å². The quantitative estimate of drug-likeness (QED) is 0.648. The molecule has 2 aliphatic heterocycles. The minimum Gasteiger partial charge on any atom is -0.301 e. The minimum atomic E-state index is -2.84. The molecule has 2 heterocycles. The monoisotopic (exact) mass is 448 g/mol. The maximum absolute atomic E-state index is 13.4. The van der Waals surface area contributed by atoms with Crippen LogP contribution in [0, 0.1) is 11.6 Å². The number of piperazine rings is 1. The Morgan fingerprint density at radius 3 is 1.90 bits per heavy atom. The lowest BCUT2D eigenvalue weighted by molar-refractivity contribution is 0.103. The van der Waals surface area contributed by atoms with E-state index in [4.69, 9.17) is 0 Å². The number of rotatable bonds is 7. The van der Waals surface area contributed by atoms with E-state index in [0.717, 1.165) is 63.1 Å². The first-order chi connectivity index (χ1) is 14.9. The van der Waals surface area contributed by atoms with E-state index in [0.29, 0.717) is 11.5 Å². The number of halogens is 2. The highest BCUT2D eigenvalue weighted by atomic mass is 32.2. The van der Waals surface area contributed by atoms with Gasteiger partial charge in [-0.15, -0.1) is 0 Å². The zero-order chi connectivity index (χ0) is 21.8. The van der Waals surface area contributed by atoms with Crippen LogP contribution >= 0.6 is 0 Å². The van der Waals surface area contributed by atoms with Crippen molar-refractivity contribution in [2.75, 3.05) is 44.2 Å². The maximum Gasteiger partial charge on any atom is 0.151 e. The number of hydrogen-bond donors (Lipinski definition) is 0. The van der Waals surface area contributed by atoms with Crippen LogP contribution in [0.25, 0.3) is 0 Å². The summed E-state index contributed by atoms with van der Waals surface area (Å²) in [6, 6.07) is 13.4. The molecule has 0 aliphatic carbocycles. The molecule has 1 atom stereocenters. The van der Waals surface area contributed by atoms with E-state index in [1.54, 1.807) is 0 Å². The number of hydrogen-bond acceptors (Lipinski definition) is 4. The van der Waals surface area contributed by atoms with Gasteiger partial charge >= 0.3 is 0 Å². The Balaban J connectivity index is 1.31. The predicted molar refractivity (Wildman–Crippen MR) is 119 cm³/mol. The summed E-state index contributed by atoms with van der Waals surface area (Å²) in [5, 5.41) is 0. The van der Waals surface area contributed by atoms with E-state index in [2.05, 4.69) is 9.80 Å². The maximum atomic E-state index is 13.4. The van der Waals surface area contributed by atoms with Gasteiger partial charge in [-0.05, 0) is 61.2 Å². The average molecular weight is 449 g/mol. The first-order valence-electron chi connectivity index (χ1n) is 11.1. The van der Waals surface area contributed by atoms with Gasteiger partial charge in [0.05, 0.1) is 11.5 Å². The van der Waals surface area contributed by atoms with Gasteiger partial charge in [0, 0.05) is 38.1 Å². The summed E-state index contributed by atoms with van der Waals surface area (Å²) >= 11 is 0. The molecule has 2 aromatic carbocycles. The smallest absolute Gasteiger partial charge is 0.151 e. The summed E-state index contributed by atoms with van der Waals surface area (Å²) < 4.78 is 50.3. The topological polar surface area (TPSA) is 40.6 Å². The highest BCUT2D eigenvalue weighted by Gasteiger charge is 2.33. The Kier molecular flexibility index (Phi) is 7.04. The van der Waals surface area contributed by atoms with Gasteiger partial charge in [-0.3, -0.25) is 4.90 Å². The summed E-state index contributed by atoms with van der Waals surface area (Å²) in [6.45, 7) is 4.71. The first-order valence-corrected chi connectivity index (χ1v) is 12.9. The number of benzene rings is 2. The van der Waals surface area contributed by atoms with Crippen molar-refractivity contribution in [2.24, 2.45) is 0 Å². The van der Waals surface area contributed by atoms with Crippen LogP contribution in [0.4, 0.5) is 8.78 Å². The molecule has 2 saturated heterocycles. The van der Waals surface area contributed by atoms with Crippen LogP contribution in [0.1, 0.15) is 36.3 Å². The molecule has 7 heteroatoms. The minimum absolute atomic E-state index is 0.103. The van der Waals surface area contributed by atoms with Gasteiger partial charge in [0.2, 0.25) is 0 Å². The molecule has 1 unspecified atom stereocenters. The molecule has 0 spiro atoms. The van der Waals surface area contributed by atoms with Gasteiger partial charge in [0.25, 0.3) is 0 Å². The molecule has 2 aromatic rings. The van der Waals surface area contributed by atoms with Gasteiger partial charge in [-0.25, -0.2) is 17.2 Å². The van der Waals surface area contributed by atoms with Crippen LogP contribution in [0.2, 0.25) is 0 Å². The summed E-state index contributed by atoms with van der Waals surface area (Å²) in [5.41, 5.74) is 2.08. The number of nitrogens with zero attached hydrogens (tertiary/aromatic N) is 2. The third-order valence-electron chi connectivity index (χ3n) is 6.64. The van der Waals surface area contributed by atoms with E-state index in [1.165, 1.54) is 24.3 Å². The summed E-state index contributed by atoms with van der Waals surface area (Å²) in [7, 11) is -2.84. The fourth-order valence-electron chi connectivity index (χ4n) is 4.85. The molecule has 2 fully saturated rings. The van der Waals surface area contributed by atoms with Crippen LogP contribution in [-0.2, 0) is 9.84 Å². The fraction of sp³-hybridized carbons (Fsp3) is 0.500. The average Bonchev–Trinajstić information content (AvgIpc) is 3.13. The van der Waals surface area contributed by atoms with Crippen LogP contribution in [0.3, 0.4) is 0 Å². The Hall–Kier alpha value is -1.83. The van der Waals surface area contributed by atoms with Gasteiger partial charge < -0.3 is 4.90 Å². The summed E-state index contributed by atoms with van der Waals surface area (Å²) in [6.07, 6.45) is 2.65. The van der Waals surface area contributed by atoms with Crippen molar-refractivity contribution in [1.82, 2.24) is 9.80 Å². The lowest BCUT2D eigenvalue weighted by Gasteiger charge is -2.37. The number of sulfone groups is 1. The SMILES string of the molecule is O=S1(=O)CCC(N2CCN(CCCC(c3ccc(F)cc3)c3ccc(F)cc3)CC2)C1. The standard InChI is InChI=1S/C24H30F2N2O2S/c25-21-7-3-19(4-8-21)24(20-5-9-22(26)10-6-20)2-1-12-27-13-15-28(16-14-27)23-11-17-31(29,30)18-23/h3-10,23-24H,1-2,11-18H2. The zero-order valence-electron chi connectivity index (χ0n) is 17.7. The third kappa shape index (κ3) is 5.90. The van der Waals surface area contributed by atoms with Crippen LogP contribution in [0.15, 0.2) is 48.5 Å². The van der Waals surface area contributed by atoms with E-state index >= 15 is 0 Å². The van der Waals surface area contributed by atoms with Gasteiger partial charge in [-0.1, -0.05) is 24.3 Å². The molecule has 0 saturated carbocycles. The molecule has 2 aliphatic rings. The molecule has 31 heavy (non-hydrogen) atoms. The van der Waals surface area contributed by atoms with Crippen LogP contribution in [-0.4, -0.2) is 68.5 Å². The van der Waals surface area contributed by atoms with Crippen molar-refractivity contribution in [3.8, 4) is 0 Å². The van der Waals surface area contributed by atoms with Crippen molar-refractivity contribution in [2.45, 2.75) is 31.2 Å². The Bertz CT molecular complexity index is 911. The summed E-state index contributed by atoms with van der Waals surface area (Å²) in [4.78, 5) is 4.77. The van der Waals surface area contributed by atoms with E-state index in [9.17, 15) is 17.2 Å². The second-order valence-corrected chi connectivity index (χ2v) is 11.0. The van der Waals surface area contributed by atoms with Crippen LogP contribution in [0.5, 0.6) is 0 Å². The highest BCUT2D eigenvalue weighted by Crippen LogP contribution is 2.30. The molecule has 0 radical (unpaired) electrons. The second-order valence-electron chi connectivity index (χ2n) is 8.73. The largest absolute Gasteiger partial charge is 0.301 e. The molecule has 4 nitrogen and oxygen atoms in total. The molecule has 4 rings (SSSR count). The molecular formula is C24H30F2N2O2S. The molecule has 168 valence electrons. The lowest BCUT2D eigenvalue weighted by atomic mass is 9.87. The van der Waals surface area contributed by atoms with Crippen LogP contribution < -0.4 is 0 Å². The van der Waals surface area contributed by atoms with Gasteiger partial charge in [0.1, 0.15) is 11.6 Å².